The second-order valence-electron chi connectivity index (χ2n) is 4.21. The maximum atomic E-state index is 12.8. The Bertz CT molecular complexity index is 656. The third-order valence-corrected chi connectivity index (χ3v) is 2.60. The van der Waals surface area contributed by atoms with Crippen molar-refractivity contribution in [2.45, 2.75) is 0 Å². The van der Waals surface area contributed by atoms with Gasteiger partial charge in [0.25, 0.3) is 11.8 Å². The molecule has 3 N–H and O–H groups in total. The van der Waals surface area contributed by atoms with E-state index in [-0.39, 0.29) is 17.9 Å². The van der Waals surface area contributed by atoms with Crippen LogP contribution in [0, 0.1) is 5.82 Å². The number of hydrogen-bond donors (Lipinski definition) is 2. The molecule has 5 nitrogen and oxygen atoms in total. The molecule has 0 bridgehead atoms. The van der Waals surface area contributed by atoms with E-state index in [4.69, 9.17) is 10.5 Å². The molecule has 0 spiro atoms. The molecule has 21 heavy (non-hydrogen) atoms. The van der Waals surface area contributed by atoms with Gasteiger partial charge in [-0.15, -0.1) is 0 Å². The van der Waals surface area contributed by atoms with Crippen LogP contribution in [-0.2, 0) is 4.79 Å². The molecule has 0 unspecified atom stereocenters. The van der Waals surface area contributed by atoms with Gasteiger partial charge in [-0.25, -0.2) is 4.39 Å². The Balaban J connectivity index is 2.14. The van der Waals surface area contributed by atoms with Crippen molar-refractivity contribution in [1.82, 2.24) is 0 Å². The molecule has 2 amide bonds. The van der Waals surface area contributed by atoms with Gasteiger partial charge in [-0.1, -0.05) is 12.1 Å². The molecule has 0 aliphatic rings. The Hall–Kier alpha value is -2.89. The highest BCUT2D eigenvalue weighted by molar-refractivity contribution is 6.06. The Labute approximate surface area is 120 Å². The van der Waals surface area contributed by atoms with Gasteiger partial charge in [0.1, 0.15) is 11.6 Å². The molecule has 0 saturated heterocycles. The number of primary amides is 1. The Kier molecular flexibility index (Phi) is 4.50. The van der Waals surface area contributed by atoms with Crippen LogP contribution in [-0.4, -0.2) is 18.4 Å². The number of halogens is 1. The molecule has 0 aromatic heterocycles. The fraction of sp³-hybridized carbons (Fsp3) is 0.0667. The third kappa shape index (κ3) is 4.04. The van der Waals surface area contributed by atoms with Crippen LogP contribution in [0.4, 0.5) is 10.1 Å². The summed E-state index contributed by atoms with van der Waals surface area (Å²) in [5.74, 6) is -1.21. The molecule has 108 valence electrons. The number of rotatable bonds is 5. The van der Waals surface area contributed by atoms with Crippen molar-refractivity contribution in [2.75, 3.05) is 11.9 Å². The van der Waals surface area contributed by atoms with Crippen LogP contribution >= 0.6 is 0 Å². The predicted molar refractivity (Wildman–Crippen MR) is 75.5 cm³/mol. The number of carbonyl (C=O) groups is 2. The largest absolute Gasteiger partial charge is 0.483 e. The summed E-state index contributed by atoms with van der Waals surface area (Å²) in [6.07, 6.45) is 0. The zero-order valence-electron chi connectivity index (χ0n) is 11.0. The van der Waals surface area contributed by atoms with Crippen LogP contribution in [0.5, 0.6) is 5.75 Å². The minimum atomic E-state index is -0.635. The summed E-state index contributed by atoms with van der Waals surface area (Å²) in [5, 5.41) is 2.61. The van der Waals surface area contributed by atoms with E-state index in [1.807, 2.05) is 0 Å². The van der Waals surface area contributed by atoms with Crippen LogP contribution in [0.3, 0.4) is 0 Å². The Morgan fingerprint density at radius 1 is 1.10 bits per heavy atom. The van der Waals surface area contributed by atoms with Crippen molar-refractivity contribution in [3.05, 3.63) is 59.9 Å². The molecule has 0 radical (unpaired) electrons. The monoisotopic (exact) mass is 288 g/mol. The summed E-state index contributed by atoms with van der Waals surface area (Å²) < 4.78 is 18.0. The van der Waals surface area contributed by atoms with Crippen molar-refractivity contribution in [3.8, 4) is 5.75 Å². The zero-order chi connectivity index (χ0) is 15.2. The van der Waals surface area contributed by atoms with E-state index in [9.17, 15) is 14.0 Å². The van der Waals surface area contributed by atoms with Crippen LogP contribution < -0.4 is 15.8 Å². The van der Waals surface area contributed by atoms with Gasteiger partial charge in [-0.2, -0.15) is 0 Å². The average molecular weight is 288 g/mol. The average Bonchev–Trinajstić information content (AvgIpc) is 2.47. The number of amides is 2. The minimum absolute atomic E-state index is 0.246. The van der Waals surface area contributed by atoms with E-state index >= 15 is 0 Å². The first-order valence-electron chi connectivity index (χ1n) is 6.13. The second-order valence-corrected chi connectivity index (χ2v) is 4.21. The van der Waals surface area contributed by atoms with Crippen LogP contribution in [0.25, 0.3) is 0 Å². The fourth-order valence-corrected chi connectivity index (χ4v) is 1.66. The number of benzene rings is 2. The molecule has 0 aliphatic heterocycles. The summed E-state index contributed by atoms with van der Waals surface area (Å²) in [4.78, 5) is 22.9. The summed E-state index contributed by atoms with van der Waals surface area (Å²) in [5.41, 5.74) is 5.71. The third-order valence-electron chi connectivity index (χ3n) is 2.60. The lowest BCUT2D eigenvalue weighted by Gasteiger charge is -2.10. The molecule has 0 aliphatic carbocycles. The smallest absolute Gasteiger partial charge is 0.259 e. The Morgan fingerprint density at radius 2 is 1.76 bits per heavy atom. The van der Waals surface area contributed by atoms with Crippen LogP contribution in [0.15, 0.2) is 48.5 Å². The predicted octanol–water partition coefficient (Wildman–Crippen LogP) is 1.94. The first kappa shape index (κ1) is 14.5. The summed E-state index contributed by atoms with van der Waals surface area (Å²) in [7, 11) is 0. The number of nitrogens with two attached hydrogens (primary N) is 1. The lowest BCUT2D eigenvalue weighted by Crippen LogP contribution is -2.21. The first-order chi connectivity index (χ1) is 10.1. The van der Waals surface area contributed by atoms with Crippen LogP contribution in [0.1, 0.15) is 10.4 Å². The summed E-state index contributed by atoms with van der Waals surface area (Å²) >= 11 is 0. The molecule has 0 heterocycles. The topological polar surface area (TPSA) is 81.4 Å². The van der Waals surface area contributed by atoms with Crippen LogP contribution in [0.2, 0.25) is 0 Å². The molecule has 2 aromatic carbocycles. The lowest BCUT2D eigenvalue weighted by molar-refractivity contribution is -0.119. The van der Waals surface area contributed by atoms with Crippen molar-refractivity contribution < 1.29 is 18.7 Å². The molecular formula is C15H13FN2O3. The molecule has 2 rings (SSSR count). The highest BCUT2D eigenvalue weighted by atomic mass is 19.1. The van der Waals surface area contributed by atoms with Gasteiger partial charge in [0.2, 0.25) is 0 Å². The highest BCUT2D eigenvalue weighted by Crippen LogP contribution is 2.19. The maximum absolute atomic E-state index is 12.8. The fourth-order valence-electron chi connectivity index (χ4n) is 1.66. The van der Waals surface area contributed by atoms with Crippen molar-refractivity contribution in [1.29, 1.82) is 0 Å². The number of anilines is 1. The van der Waals surface area contributed by atoms with E-state index in [0.717, 1.165) is 0 Å². The number of nitrogens with one attached hydrogen (secondary N) is 1. The van der Waals surface area contributed by atoms with E-state index < -0.39 is 17.6 Å². The zero-order valence-corrected chi connectivity index (χ0v) is 11.0. The molecule has 6 heteroatoms. The highest BCUT2D eigenvalue weighted by Gasteiger charge is 2.13. The number of carbonyl (C=O) groups excluding carboxylic acids is 2. The SMILES string of the molecule is NC(=O)COc1ccccc1C(=O)Nc1ccc(F)cc1. The van der Waals surface area contributed by atoms with Gasteiger partial charge in [-0.05, 0) is 36.4 Å². The van der Waals surface area contributed by atoms with Gasteiger partial charge in [-0.3, -0.25) is 9.59 Å². The van der Waals surface area contributed by atoms with E-state index in [2.05, 4.69) is 5.32 Å². The van der Waals surface area contributed by atoms with Crippen molar-refractivity contribution in [3.63, 3.8) is 0 Å². The number of hydrogen-bond acceptors (Lipinski definition) is 3. The molecule has 0 atom stereocenters. The van der Waals surface area contributed by atoms with E-state index in [1.165, 1.54) is 24.3 Å². The Morgan fingerprint density at radius 3 is 2.43 bits per heavy atom. The number of para-hydroxylation sites is 1. The lowest BCUT2D eigenvalue weighted by atomic mass is 10.2. The first-order valence-corrected chi connectivity index (χ1v) is 6.13. The van der Waals surface area contributed by atoms with E-state index in [1.54, 1.807) is 24.3 Å². The van der Waals surface area contributed by atoms with Crippen molar-refractivity contribution >= 4 is 17.5 Å². The van der Waals surface area contributed by atoms with Gasteiger partial charge in [0.05, 0.1) is 5.56 Å². The van der Waals surface area contributed by atoms with Gasteiger partial charge in [0, 0.05) is 5.69 Å². The van der Waals surface area contributed by atoms with Gasteiger partial charge < -0.3 is 15.8 Å². The van der Waals surface area contributed by atoms with E-state index in [0.29, 0.717) is 5.69 Å². The standard InChI is InChI=1S/C15H13FN2O3/c16-10-5-7-11(8-6-10)18-15(20)12-3-1-2-4-13(12)21-9-14(17)19/h1-8H,9H2,(H2,17,19)(H,18,20). The summed E-state index contributed by atoms with van der Waals surface area (Å²) in [6, 6.07) is 11.8. The van der Waals surface area contributed by atoms with Gasteiger partial charge >= 0.3 is 0 Å². The molecule has 0 saturated carbocycles. The number of ether oxygens (including phenoxy) is 1. The van der Waals surface area contributed by atoms with Crippen molar-refractivity contribution in [2.24, 2.45) is 5.73 Å². The molecule has 2 aromatic rings. The van der Waals surface area contributed by atoms with Gasteiger partial charge in [0.15, 0.2) is 6.61 Å². The normalized spacial score (nSPS) is 9.95. The summed E-state index contributed by atoms with van der Waals surface area (Å²) in [6.45, 7) is -0.319. The maximum Gasteiger partial charge on any atom is 0.259 e. The molecule has 0 fully saturated rings. The minimum Gasteiger partial charge on any atom is -0.483 e. The quantitative estimate of drug-likeness (QED) is 0.882. The second kappa shape index (κ2) is 6.51. The molecular weight excluding hydrogens is 275 g/mol.